The van der Waals surface area contributed by atoms with Gasteiger partial charge in [-0.3, -0.25) is 4.99 Å². The molecule has 1 N–H and O–H groups in total. The Bertz CT molecular complexity index is 791. The van der Waals surface area contributed by atoms with Gasteiger partial charge in [-0.05, 0) is 17.9 Å². The number of ether oxygens (including phenoxy) is 1. The van der Waals surface area contributed by atoms with E-state index in [9.17, 15) is 13.2 Å². The molecule has 10 heteroatoms. The lowest BCUT2D eigenvalue weighted by atomic mass is 9.93. The smallest absolute Gasteiger partial charge is 0.422 e. The average Bonchev–Trinajstić information content (AvgIpc) is 3.23. The van der Waals surface area contributed by atoms with Gasteiger partial charge in [0.05, 0.1) is 12.4 Å². The summed E-state index contributed by atoms with van der Waals surface area (Å²) in [7, 11) is 1.74. The van der Waals surface area contributed by atoms with Gasteiger partial charge in [0.2, 0.25) is 5.88 Å². The Labute approximate surface area is 167 Å². The number of nitrogens with zero attached hydrogens (tertiary/aromatic N) is 5. The molecule has 158 valence electrons. The lowest BCUT2D eigenvalue weighted by Crippen LogP contribution is -2.48. The zero-order chi connectivity index (χ0) is 20.9. The standard InChI is InChI=1S/C19H25F3N6O/c1-14-5-7-27(11-16(14)28-8-6-24-13-28)18(23-2)26-10-15-3-4-17(25-9-15)29-12-19(20,21)22/h3-4,6,8-9,13-14,16H,5,7,10-12H2,1-2H3,(H,23,26). The molecule has 2 aromatic heterocycles. The van der Waals surface area contributed by atoms with Gasteiger partial charge in [0.25, 0.3) is 0 Å². The van der Waals surface area contributed by atoms with Crippen molar-refractivity contribution < 1.29 is 17.9 Å². The van der Waals surface area contributed by atoms with E-state index in [1.54, 1.807) is 19.3 Å². The summed E-state index contributed by atoms with van der Waals surface area (Å²) in [6.45, 7) is 3.07. The van der Waals surface area contributed by atoms with E-state index in [2.05, 4.69) is 41.4 Å². The minimum absolute atomic E-state index is 0.0522. The van der Waals surface area contributed by atoms with Gasteiger partial charge in [-0.1, -0.05) is 13.0 Å². The van der Waals surface area contributed by atoms with Gasteiger partial charge in [-0.25, -0.2) is 9.97 Å². The fourth-order valence-electron chi connectivity index (χ4n) is 3.37. The topological polar surface area (TPSA) is 67.6 Å². The number of aliphatic imine (C=N–C) groups is 1. The fourth-order valence-corrected chi connectivity index (χ4v) is 3.37. The second-order valence-corrected chi connectivity index (χ2v) is 7.10. The maximum atomic E-state index is 12.2. The summed E-state index contributed by atoms with van der Waals surface area (Å²) >= 11 is 0. The quantitative estimate of drug-likeness (QED) is 0.607. The van der Waals surface area contributed by atoms with Crippen LogP contribution in [0.25, 0.3) is 0 Å². The summed E-state index contributed by atoms with van der Waals surface area (Å²) in [4.78, 5) is 14.7. The molecule has 0 saturated carbocycles. The Hall–Kier alpha value is -2.78. The highest BCUT2D eigenvalue weighted by molar-refractivity contribution is 5.80. The molecule has 1 fully saturated rings. The monoisotopic (exact) mass is 410 g/mol. The molecule has 2 aromatic rings. The summed E-state index contributed by atoms with van der Waals surface area (Å²) < 4.78 is 43.4. The highest BCUT2D eigenvalue weighted by Crippen LogP contribution is 2.27. The molecule has 29 heavy (non-hydrogen) atoms. The third kappa shape index (κ3) is 5.85. The first-order valence-corrected chi connectivity index (χ1v) is 9.43. The van der Waals surface area contributed by atoms with Crippen molar-refractivity contribution in [3.63, 3.8) is 0 Å². The zero-order valence-corrected chi connectivity index (χ0v) is 16.4. The van der Waals surface area contributed by atoms with Crippen molar-refractivity contribution in [2.24, 2.45) is 10.9 Å². The van der Waals surface area contributed by atoms with E-state index in [4.69, 9.17) is 0 Å². The van der Waals surface area contributed by atoms with Crippen LogP contribution in [0.3, 0.4) is 0 Å². The van der Waals surface area contributed by atoms with Gasteiger partial charge < -0.3 is 19.5 Å². The third-order valence-corrected chi connectivity index (χ3v) is 4.97. The Balaban J connectivity index is 1.55. The SMILES string of the molecule is CN=C(NCc1ccc(OCC(F)(F)F)nc1)N1CCC(C)C(n2ccnc2)C1. The van der Waals surface area contributed by atoms with Crippen LogP contribution in [0.2, 0.25) is 0 Å². The number of nitrogens with one attached hydrogen (secondary N) is 1. The third-order valence-electron chi connectivity index (χ3n) is 4.97. The van der Waals surface area contributed by atoms with Gasteiger partial charge in [0.1, 0.15) is 0 Å². The predicted octanol–water partition coefficient (Wildman–Crippen LogP) is 2.88. The number of hydrogen-bond acceptors (Lipinski definition) is 4. The van der Waals surface area contributed by atoms with Crippen LogP contribution in [0.15, 0.2) is 42.0 Å². The van der Waals surface area contributed by atoms with Crippen molar-refractivity contribution in [1.82, 2.24) is 24.8 Å². The van der Waals surface area contributed by atoms with Crippen LogP contribution in [0, 0.1) is 5.92 Å². The van der Waals surface area contributed by atoms with Crippen LogP contribution < -0.4 is 10.1 Å². The molecule has 0 amide bonds. The predicted molar refractivity (Wildman–Crippen MR) is 103 cm³/mol. The first kappa shape index (κ1) is 20.9. The molecule has 3 heterocycles. The van der Waals surface area contributed by atoms with Crippen molar-refractivity contribution >= 4 is 5.96 Å². The maximum Gasteiger partial charge on any atom is 0.422 e. The second kappa shape index (κ2) is 9.15. The number of alkyl halides is 3. The minimum atomic E-state index is -4.38. The number of likely N-dealkylation sites (tertiary alicyclic amines) is 1. The molecule has 2 atom stereocenters. The number of halogens is 3. The van der Waals surface area contributed by atoms with Crippen molar-refractivity contribution in [2.75, 3.05) is 26.7 Å². The Morgan fingerprint density at radius 2 is 2.21 bits per heavy atom. The largest absolute Gasteiger partial charge is 0.468 e. The molecule has 1 saturated heterocycles. The first-order valence-electron chi connectivity index (χ1n) is 9.43. The van der Waals surface area contributed by atoms with Gasteiger partial charge in [0, 0.05) is 51.3 Å². The fraction of sp³-hybridized carbons (Fsp3) is 0.526. The molecule has 1 aliphatic rings. The van der Waals surface area contributed by atoms with E-state index in [0.29, 0.717) is 18.5 Å². The number of aromatic nitrogens is 3. The second-order valence-electron chi connectivity index (χ2n) is 7.10. The summed E-state index contributed by atoms with van der Waals surface area (Å²) in [6.07, 6.45) is 3.77. The number of pyridine rings is 1. The molecule has 7 nitrogen and oxygen atoms in total. The molecule has 0 aliphatic carbocycles. The highest BCUT2D eigenvalue weighted by atomic mass is 19.4. The van der Waals surface area contributed by atoms with Gasteiger partial charge >= 0.3 is 6.18 Å². The maximum absolute atomic E-state index is 12.2. The number of hydrogen-bond donors (Lipinski definition) is 1. The van der Waals surface area contributed by atoms with Crippen LogP contribution in [0.1, 0.15) is 24.9 Å². The number of piperidine rings is 1. The molecular weight excluding hydrogens is 385 g/mol. The van der Waals surface area contributed by atoms with E-state index in [0.717, 1.165) is 31.0 Å². The van der Waals surface area contributed by atoms with E-state index < -0.39 is 12.8 Å². The molecular formula is C19H25F3N6O. The molecule has 0 bridgehead atoms. The highest BCUT2D eigenvalue weighted by Gasteiger charge is 2.29. The lowest BCUT2D eigenvalue weighted by Gasteiger charge is -2.39. The first-order chi connectivity index (χ1) is 13.9. The van der Waals surface area contributed by atoms with E-state index in [1.807, 2.05) is 12.5 Å². The number of imidazole rings is 1. The summed E-state index contributed by atoms with van der Waals surface area (Å²) in [5.41, 5.74) is 0.821. The van der Waals surface area contributed by atoms with Crippen molar-refractivity contribution in [2.45, 2.75) is 32.1 Å². The van der Waals surface area contributed by atoms with Crippen LogP contribution in [0.4, 0.5) is 13.2 Å². The van der Waals surface area contributed by atoms with Gasteiger partial charge in [0.15, 0.2) is 12.6 Å². The van der Waals surface area contributed by atoms with Crippen LogP contribution in [-0.2, 0) is 6.54 Å². The van der Waals surface area contributed by atoms with Crippen LogP contribution in [-0.4, -0.2) is 58.3 Å². The molecule has 0 aromatic carbocycles. The number of guanidine groups is 1. The molecule has 1 aliphatic heterocycles. The summed E-state index contributed by atoms with van der Waals surface area (Å²) in [5, 5.41) is 3.30. The Morgan fingerprint density at radius 1 is 1.38 bits per heavy atom. The van der Waals surface area contributed by atoms with Crippen molar-refractivity contribution in [3.8, 4) is 5.88 Å². The average molecular weight is 410 g/mol. The molecule has 2 unspecified atom stereocenters. The molecule has 3 rings (SSSR count). The van der Waals surface area contributed by atoms with Crippen molar-refractivity contribution in [1.29, 1.82) is 0 Å². The number of rotatable bonds is 5. The van der Waals surface area contributed by atoms with Crippen LogP contribution >= 0.6 is 0 Å². The van der Waals surface area contributed by atoms with E-state index in [1.165, 1.54) is 12.3 Å². The zero-order valence-electron chi connectivity index (χ0n) is 16.4. The van der Waals surface area contributed by atoms with Crippen LogP contribution in [0.5, 0.6) is 5.88 Å². The summed E-state index contributed by atoms with van der Waals surface area (Å²) in [5.74, 6) is 1.26. The molecule has 0 spiro atoms. The Kier molecular flexibility index (Phi) is 6.60. The van der Waals surface area contributed by atoms with Gasteiger partial charge in [-0.15, -0.1) is 0 Å². The van der Waals surface area contributed by atoms with Crippen molar-refractivity contribution in [3.05, 3.63) is 42.6 Å². The Morgan fingerprint density at radius 3 is 2.83 bits per heavy atom. The van der Waals surface area contributed by atoms with Gasteiger partial charge in [-0.2, -0.15) is 13.2 Å². The minimum Gasteiger partial charge on any atom is -0.468 e. The molecule has 0 radical (unpaired) electrons. The summed E-state index contributed by atoms with van der Waals surface area (Å²) in [6, 6.07) is 3.44. The van der Waals surface area contributed by atoms with E-state index >= 15 is 0 Å². The lowest BCUT2D eigenvalue weighted by molar-refractivity contribution is -0.154. The normalized spacial score (nSPS) is 20.6. The van der Waals surface area contributed by atoms with E-state index in [-0.39, 0.29) is 5.88 Å².